The first-order valence-electron chi connectivity index (χ1n) is 6.42. The molecular weight excluding hydrogens is 269 g/mol. The number of hydrogen-bond donors (Lipinski definition) is 1. The van der Waals surface area contributed by atoms with E-state index in [4.69, 9.17) is 23.2 Å². The van der Waals surface area contributed by atoms with Crippen LogP contribution in [0.1, 0.15) is 26.2 Å². The van der Waals surface area contributed by atoms with E-state index in [9.17, 15) is 0 Å². The number of nitrogens with one attached hydrogen (secondary N) is 1. The molecular formula is C13H19Cl2N3. The van der Waals surface area contributed by atoms with Gasteiger partial charge in [-0.15, -0.1) is 0 Å². The second-order valence-corrected chi connectivity index (χ2v) is 5.69. The van der Waals surface area contributed by atoms with Crippen LogP contribution in [-0.4, -0.2) is 25.1 Å². The van der Waals surface area contributed by atoms with E-state index < -0.39 is 0 Å². The molecule has 1 aliphatic rings. The van der Waals surface area contributed by atoms with E-state index in [2.05, 4.69) is 22.1 Å². The molecule has 1 N–H and O–H groups in total. The third-order valence-corrected chi connectivity index (χ3v) is 3.61. The molecule has 2 rings (SSSR count). The Balaban J connectivity index is 2.16. The third-order valence-electron chi connectivity index (χ3n) is 3.04. The van der Waals surface area contributed by atoms with E-state index in [1.165, 1.54) is 12.8 Å². The van der Waals surface area contributed by atoms with Gasteiger partial charge < -0.3 is 10.2 Å². The topological polar surface area (TPSA) is 28.2 Å². The van der Waals surface area contributed by atoms with Crippen molar-refractivity contribution in [3.63, 3.8) is 0 Å². The van der Waals surface area contributed by atoms with Crippen molar-refractivity contribution in [1.82, 2.24) is 4.98 Å². The Morgan fingerprint density at radius 3 is 2.72 bits per heavy atom. The molecule has 1 aliphatic carbocycles. The van der Waals surface area contributed by atoms with Gasteiger partial charge in [-0.05, 0) is 31.2 Å². The first-order chi connectivity index (χ1) is 8.61. The predicted octanol–water partition coefficient (Wildman–Crippen LogP) is 4.06. The minimum atomic E-state index is 0.581. The normalized spacial score (nSPS) is 14.7. The van der Waals surface area contributed by atoms with E-state index in [0.717, 1.165) is 37.1 Å². The van der Waals surface area contributed by atoms with Crippen LogP contribution < -0.4 is 10.2 Å². The van der Waals surface area contributed by atoms with E-state index in [1.807, 2.05) is 7.05 Å². The first-order valence-corrected chi connectivity index (χ1v) is 7.18. The van der Waals surface area contributed by atoms with Crippen molar-refractivity contribution >= 4 is 34.8 Å². The highest BCUT2D eigenvalue weighted by molar-refractivity contribution is 6.37. The third kappa shape index (κ3) is 3.42. The summed E-state index contributed by atoms with van der Waals surface area (Å²) in [6.07, 6.45) is 3.67. The van der Waals surface area contributed by atoms with Crippen molar-refractivity contribution < 1.29 is 0 Å². The quantitative estimate of drug-likeness (QED) is 0.855. The van der Waals surface area contributed by atoms with Crippen LogP contribution >= 0.6 is 23.2 Å². The maximum atomic E-state index is 6.22. The summed E-state index contributed by atoms with van der Waals surface area (Å²) in [6, 6.07) is 1.77. The summed E-state index contributed by atoms with van der Waals surface area (Å²) < 4.78 is 0. The smallest absolute Gasteiger partial charge is 0.149 e. The van der Waals surface area contributed by atoms with Crippen molar-refractivity contribution in [3.05, 3.63) is 16.1 Å². The van der Waals surface area contributed by atoms with Gasteiger partial charge in [-0.1, -0.05) is 30.1 Å². The van der Waals surface area contributed by atoms with Crippen LogP contribution in [0.3, 0.4) is 0 Å². The molecule has 100 valence electrons. The summed E-state index contributed by atoms with van der Waals surface area (Å²) in [5, 5.41) is 4.42. The summed E-state index contributed by atoms with van der Waals surface area (Å²) >= 11 is 12.3. The average molecular weight is 288 g/mol. The standard InChI is InChI=1S/C13H19Cl2N3/c1-3-6-16-12-10(14)7-11(15)13(17-12)18(2)8-9-4-5-9/h7,9H,3-6,8H2,1-2H3,(H,16,17). The van der Waals surface area contributed by atoms with Crippen LogP contribution in [0.4, 0.5) is 11.6 Å². The van der Waals surface area contributed by atoms with Gasteiger partial charge in [0.2, 0.25) is 0 Å². The molecule has 0 amide bonds. The summed E-state index contributed by atoms with van der Waals surface area (Å²) in [4.78, 5) is 6.66. The molecule has 1 heterocycles. The minimum Gasteiger partial charge on any atom is -0.369 e. The summed E-state index contributed by atoms with van der Waals surface area (Å²) in [7, 11) is 2.03. The van der Waals surface area contributed by atoms with Crippen molar-refractivity contribution in [2.24, 2.45) is 5.92 Å². The predicted molar refractivity (Wildman–Crippen MR) is 79.0 cm³/mol. The molecule has 0 spiro atoms. The summed E-state index contributed by atoms with van der Waals surface area (Å²) in [5.74, 6) is 2.34. The van der Waals surface area contributed by atoms with Crippen molar-refractivity contribution in [3.8, 4) is 0 Å². The molecule has 18 heavy (non-hydrogen) atoms. The molecule has 1 aromatic heterocycles. The Bertz CT molecular complexity index is 419. The second-order valence-electron chi connectivity index (χ2n) is 4.87. The second kappa shape index (κ2) is 5.98. The van der Waals surface area contributed by atoms with Crippen molar-refractivity contribution in [2.45, 2.75) is 26.2 Å². The fraction of sp³-hybridized carbons (Fsp3) is 0.615. The summed E-state index contributed by atoms with van der Waals surface area (Å²) in [5.41, 5.74) is 0. The largest absolute Gasteiger partial charge is 0.369 e. The number of pyridine rings is 1. The number of rotatable bonds is 6. The lowest BCUT2D eigenvalue weighted by molar-refractivity contribution is 0.777. The van der Waals surface area contributed by atoms with Gasteiger partial charge in [0.05, 0.1) is 10.0 Å². The van der Waals surface area contributed by atoms with Gasteiger partial charge in [-0.25, -0.2) is 4.98 Å². The zero-order chi connectivity index (χ0) is 13.1. The molecule has 0 atom stereocenters. The first kappa shape index (κ1) is 13.8. The fourth-order valence-electron chi connectivity index (χ4n) is 1.87. The van der Waals surface area contributed by atoms with Crippen molar-refractivity contribution in [1.29, 1.82) is 0 Å². The Morgan fingerprint density at radius 2 is 2.11 bits per heavy atom. The van der Waals surface area contributed by atoms with Gasteiger partial charge in [0.15, 0.2) is 0 Å². The maximum Gasteiger partial charge on any atom is 0.149 e. The Hall–Kier alpha value is -0.670. The van der Waals surface area contributed by atoms with Gasteiger partial charge in [-0.2, -0.15) is 0 Å². The average Bonchev–Trinajstić information content (AvgIpc) is 3.11. The van der Waals surface area contributed by atoms with E-state index >= 15 is 0 Å². The van der Waals surface area contributed by atoms with Gasteiger partial charge in [0, 0.05) is 20.1 Å². The molecule has 0 saturated heterocycles. The van der Waals surface area contributed by atoms with Gasteiger partial charge in [-0.3, -0.25) is 0 Å². The number of aromatic nitrogens is 1. The molecule has 0 radical (unpaired) electrons. The highest BCUT2D eigenvalue weighted by Crippen LogP contribution is 2.34. The zero-order valence-corrected chi connectivity index (χ0v) is 12.4. The lowest BCUT2D eigenvalue weighted by Crippen LogP contribution is -2.22. The number of nitrogens with zero attached hydrogens (tertiary/aromatic N) is 2. The van der Waals surface area contributed by atoms with E-state index in [-0.39, 0.29) is 0 Å². The van der Waals surface area contributed by atoms with Gasteiger partial charge in [0.25, 0.3) is 0 Å². The molecule has 0 unspecified atom stereocenters. The molecule has 0 bridgehead atoms. The lowest BCUT2D eigenvalue weighted by atomic mass is 10.3. The Morgan fingerprint density at radius 1 is 1.39 bits per heavy atom. The molecule has 1 aromatic rings. The Labute approximate surface area is 118 Å². The molecule has 5 heteroatoms. The number of anilines is 2. The van der Waals surface area contributed by atoms with Crippen LogP contribution in [0, 0.1) is 5.92 Å². The van der Waals surface area contributed by atoms with Crippen LogP contribution in [0.2, 0.25) is 10.0 Å². The maximum absolute atomic E-state index is 6.22. The van der Waals surface area contributed by atoms with Crippen LogP contribution in [0.5, 0.6) is 0 Å². The lowest BCUT2D eigenvalue weighted by Gasteiger charge is -2.20. The number of halogens is 2. The molecule has 1 fully saturated rings. The van der Waals surface area contributed by atoms with Gasteiger partial charge >= 0.3 is 0 Å². The van der Waals surface area contributed by atoms with Crippen molar-refractivity contribution in [2.75, 3.05) is 30.4 Å². The molecule has 0 aromatic carbocycles. The highest BCUT2D eigenvalue weighted by Gasteiger charge is 2.24. The zero-order valence-electron chi connectivity index (χ0n) is 10.8. The van der Waals surface area contributed by atoms with Crippen LogP contribution in [0.15, 0.2) is 6.07 Å². The molecule has 3 nitrogen and oxygen atoms in total. The Kier molecular flexibility index (Phi) is 4.57. The fourth-order valence-corrected chi connectivity index (χ4v) is 2.44. The van der Waals surface area contributed by atoms with Gasteiger partial charge in [0.1, 0.15) is 11.6 Å². The SMILES string of the molecule is CCCNc1nc(N(C)CC2CC2)c(Cl)cc1Cl. The monoisotopic (exact) mass is 287 g/mol. The number of hydrogen-bond acceptors (Lipinski definition) is 3. The summed E-state index contributed by atoms with van der Waals surface area (Å²) in [6.45, 7) is 3.98. The van der Waals surface area contributed by atoms with Crippen LogP contribution in [0.25, 0.3) is 0 Å². The minimum absolute atomic E-state index is 0.581. The highest BCUT2D eigenvalue weighted by atomic mass is 35.5. The van der Waals surface area contributed by atoms with E-state index in [1.54, 1.807) is 6.07 Å². The van der Waals surface area contributed by atoms with Crippen LogP contribution in [-0.2, 0) is 0 Å². The molecule has 1 saturated carbocycles. The van der Waals surface area contributed by atoms with E-state index in [0.29, 0.717) is 10.0 Å². The molecule has 0 aliphatic heterocycles.